The van der Waals surface area contributed by atoms with Crippen molar-refractivity contribution in [1.29, 1.82) is 0 Å². The molecule has 2 unspecified atom stereocenters. The average Bonchev–Trinajstić information content (AvgIpc) is 2.28. The van der Waals surface area contributed by atoms with E-state index in [2.05, 4.69) is 55.4 Å². The first-order valence-corrected chi connectivity index (χ1v) is 8.42. The highest BCUT2D eigenvalue weighted by Gasteiger charge is 2.18. The molecule has 0 saturated heterocycles. The summed E-state index contributed by atoms with van der Waals surface area (Å²) >= 11 is 0. The molecule has 0 aromatic carbocycles. The van der Waals surface area contributed by atoms with Crippen LogP contribution in [0.5, 0.6) is 0 Å². The molecule has 0 aromatic rings. The van der Waals surface area contributed by atoms with Gasteiger partial charge in [-0.15, -0.1) is 0 Å². The molecule has 0 aliphatic carbocycles. The van der Waals surface area contributed by atoms with Gasteiger partial charge in [0.15, 0.2) is 0 Å². The van der Waals surface area contributed by atoms with Gasteiger partial charge in [-0.1, -0.05) is 55.4 Å². The fourth-order valence-corrected chi connectivity index (χ4v) is 2.26. The lowest BCUT2D eigenvalue weighted by Gasteiger charge is -2.24. The van der Waals surface area contributed by atoms with Gasteiger partial charge in [0, 0.05) is 12.8 Å². The zero-order valence-electron chi connectivity index (χ0n) is 15.3. The van der Waals surface area contributed by atoms with Gasteiger partial charge in [0.2, 0.25) is 0 Å². The largest absolute Gasteiger partial charge is 0.300 e. The molecule has 0 aliphatic rings. The smallest absolute Gasteiger partial charge is 0.132 e. The number of carbonyl (C=O) groups excluding carboxylic acids is 1. The molecular formula is C19H38O. The van der Waals surface area contributed by atoms with Crippen molar-refractivity contribution < 1.29 is 4.79 Å². The van der Waals surface area contributed by atoms with Gasteiger partial charge in [0.25, 0.3) is 0 Å². The van der Waals surface area contributed by atoms with Crippen molar-refractivity contribution in [2.75, 3.05) is 0 Å². The highest BCUT2D eigenvalue weighted by Crippen LogP contribution is 2.29. The van der Waals surface area contributed by atoms with E-state index in [0.29, 0.717) is 17.1 Å². The standard InChI is InChI=1S/C19H38O/c1-15(16(2)11-13-18(3,4)5)9-10-17(20)12-14-19(6,7)8/h15-16H,9-14H2,1-8H3. The summed E-state index contributed by atoms with van der Waals surface area (Å²) in [5.41, 5.74) is 0.706. The first kappa shape index (κ1) is 19.7. The van der Waals surface area contributed by atoms with Crippen LogP contribution in [0.1, 0.15) is 93.9 Å². The molecular weight excluding hydrogens is 244 g/mol. The van der Waals surface area contributed by atoms with E-state index in [9.17, 15) is 4.79 Å². The number of hydrogen-bond acceptors (Lipinski definition) is 1. The summed E-state index contributed by atoms with van der Waals surface area (Å²) in [5.74, 6) is 1.84. The van der Waals surface area contributed by atoms with Gasteiger partial charge in [-0.3, -0.25) is 4.79 Å². The van der Waals surface area contributed by atoms with Crippen LogP contribution in [0.15, 0.2) is 0 Å². The molecule has 20 heavy (non-hydrogen) atoms. The Bertz CT molecular complexity index is 277. The molecule has 0 fully saturated rings. The van der Waals surface area contributed by atoms with E-state index >= 15 is 0 Å². The molecule has 1 heteroatoms. The zero-order valence-corrected chi connectivity index (χ0v) is 15.3. The van der Waals surface area contributed by atoms with Crippen molar-refractivity contribution in [1.82, 2.24) is 0 Å². The molecule has 0 spiro atoms. The number of rotatable bonds is 8. The van der Waals surface area contributed by atoms with E-state index in [1.807, 2.05) is 0 Å². The lowest BCUT2D eigenvalue weighted by molar-refractivity contribution is -0.119. The Balaban J connectivity index is 3.91. The van der Waals surface area contributed by atoms with E-state index in [4.69, 9.17) is 0 Å². The minimum atomic E-state index is 0.279. The normalized spacial score (nSPS) is 16.0. The first-order valence-electron chi connectivity index (χ1n) is 8.42. The maximum atomic E-state index is 11.9. The summed E-state index contributed by atoms with van der Waals surface area (Å²) in [7, 11) is 0. The van der Waals surface area contributed by atoms with Crippen LogP contribution >= 0.6 is 0 Å². The third-order valence-corrected chi connectivity index (χ3v) is 4.35. The monoisotopic (exact) mass is 282 g/mol. The minimum Gasteiger partial charge on any atom is -0.300 e. The third kappa shape index (κ3) is 11.5. The highest BCUT2D eigenvalue weighted by atomic mass is 16.1. The summed E-state index contributed by atoms with van der Waals surface area (Å²) in [6, 6.07) is 0. The molecule has 0 aliphatic heterocycles. The first-order chi connectivity index (χ1) is 8.91. The van der Waals surface area contributed by atoms with E-state index in [1.54, 1.807) is 0 Å². The second kappa shape index (κ2) is 8.20. The Morgan fingerprint density at radius 1 is 0.750 bits per heavy atom. The van der Waals surface area contributed by atoms with Crippen LogP contribution < -0.4 is 0 Å². The molecule has 0 heterocycles. The van der Waals surface area contributed by atoms with Crippen LogP contribution in [0.25, 0.3) is 0 Å². The molecule has 2 atom stereocenters. The van der Waals surface area contributed by atoms with Gasteiger partial charge >= 0.3 is 0 Å². The maximum Gasteiger partial charge on any atom is 0.132 e. The topological polar surface area (TPSA) is 17.1 Å². The predicted octanol–water partition coefficient (Wildman–Crippen LogP) is 6.26. The molecule has 120 valence electrons. The maximum absolute atomic E-state index is 11.9. The second-order valence-electron chi connectivity index (χ2n) is 9.19. The fraction of sp³-hybridized carbons (Fsp3) is 0.947. The number of hydrogen-bond donors (Lipinski definition) is 0. The van der Waals surface area contributed by atoms with Gasteiger partial charge in [-0.05, 0) is 48.3 Å². The van der Waals surface area contributed by atoms with E-state index in [1.165, 1.54) is 12.8 Å². The van der Waals surface area contributed by atoms with Gasteiger partial charge in [0.1, 0.15) is 5.78 Å². The molecule has 1 nitrogen and oxygen atoms in total. The molecule has 0 saturated carbocycles. The number of Topliss-reactive ketones (excluding diaryl/α,β-unsaturated/α-hetero) is 1. The third-order valence-electron chi connectivity index (χ3n) is 4.35. The Labute approximate surface area is 127 Å². The van der Waals surface area contributed by atoms with Crippen molar-refractivity contribution in [3.63, 3.8) is 0 Å². The highest BCUT2D eigenvalue weighted by molar-refractivity contribution is 5.78. The summed E-state index contributed by atoms with van der Waals surface area (Å²) in [6.07, 6.45) is 6.16. The van der Waals surface area contributed by atoms with Crippen molar-refractivity contribution in [2.24, 2.45) is 22.7 Å². The Morgan fingerprint density at radius 2 is 1.20 bits per heavy atom. The van der Waals surface area contributed by atoms with Gasteiger partial charge in [0.05, 0.1) is 0 Å². The second-order valence-corrected chi connectivity index (χ2v) is 9.19. The molecule has 0 bridgehead atoms. The van der Waals surface area contributed by atoms with Crippen LogP contribution in [-0.2, 0) is 4.79 Å². The molecule has 0 aromatic heterocycles. The Hall–Kier alpha value is -0.330. The van der Waals surface area contributed by atoms with Crippen LogP contribution in [0.3, 0.4) is 0 Å². The van der Waals surface area contributed by atoms with Crippen LogP contribution in [0.2, 0.25) is 0 Å². The van der Waals surface area contributed by atoms with Crippen LogP contribution in [0, 0.1) is 22.7 Å². The quantitative estimate of drug-likeness (QED) is 0.513. The molecule has 0 N–H and O–H groups in total. The van der Waals surface area contributed by atoms with Crippen molar-refractivity contribution in [2.45, 2.75) is 93.9 Å². The lowest BCUT2D eigenvalue weighted by atomic mass is 9.81. The zero-order chi connectivity index (χ0) is 16.0. The van der Waals surface area contributed by atoms with Gasteiger partial charge in [-0.25, -0.2) is 0 Å². The van der Waals surface area contributed by atoms with Crippen molar-refractivity contribution in [3.8, 4) is 0 Å². The van der Waals surface area contributed by atoms with E-state index < -0.39 is 0 Å². The summed E-state index contributed by atoms with van der Waals surface area (Å²) < 4.78 is 0. The van der Waals surface area contributed by atoms with Crippen molar-refractivity contribution >= 4 is 5.78 Å². The Morgan fingerprint density at radius 3 is 1.65 bits per heavy atom. The summed E-state index contributed by atoms with van der Waals surface area (Å²) in [5, 5.41) is 0. The lowest BCUT2D eigenvalue weighted by Crippen LogP contribution is -2.15. The minimum absolute atomic E-state index is 0.279. The number of carbonyl (C=O) groups is 1. The fourth-order valence-electron chi connectivity index (χ4n) is 2.26. The van der Waals surface area contributed by atoms with Gasteiger partial charge < -0.3 is 0 Å². The van der Waals surface area contributed by atoms with Crippen LogP contribution in [-0.4, -0.2) is 5.78 Å². The van der Waals surface area contributed by atoms with Gasteiger partial charge in [-0.2, -0.15) is 0 Å². The molecule has 0 rings (SSSR count). The van der Waals surface area contributed by atoms with Crippen LogP contribution in [0.4, 0.5) is 0 Å². The summed E-state index contributed by atoms with van der Waals surface area (Å²) in [6.45, 7) is 18.2. The van der Waals surface area contributed by atoms with E-state index in [-0.39, 0.29) is 5.41 Å². The summed E-state index contributed by atoms with van der Waals surface area (Å²) in [4.78, 5) is 11.9. The molecule has 0 radical (unpaired) electrons. The Kier molecular flexibility index (Phi) is 8.06. The SMILES string of the molecule is CC(CCC(=O)CCC(C)(C)C)C(C)CCC(C)(C)C. The van der Waals surface area contributed by atoms with Crippen molar-refractivity contribution in [3.05, 3.63) is 0 Å². The van der Waals surface area contributed by atoms with E-state index in [0.717, 1.165) is 31.6 Å². The average molecular weight is 283 g/mol. The number of ketones is 1. The predicted molar refractivity (Wildman–Crippen MR) is 89.9 cm³/mol. The molecule has 0 amide bonds.